The lowest BCUT2D eigenvalue weighted by Gasteiger charge is -2.15. The van der Waals surface area contributed by atoms with Crippen LogP contribution in [0.4, 0.5) is 24.5 Å². The number of rotatable bonds is 3. The summed E-state index contributed by atoms with van der Waals surface area (Å²) >= 11 is 4.98. The van der Waals surface area contributed by atoms with Crippen molar-refractivity contribution >= 4 is 34.6 Å². The Morgan fingerprint density at radius 3 is 2.48 bits per heavy atom. The van der Waals surface area contributed by atoms with E-state index in [1.165, 1.54) is 29.1 Å². The Hall–Kier alpha value is -2.62. The number of thiocarbonyl (C=S) groups is 1. The highest BCUT2D eigenvalue weighted by Gasteiger charge is 2.33. The molecule has 0 spiro atoms. The van der Waals surface area contributed by atoms with Crippen LogP contribution in [0.1, 0.15) is 16.1 Å². The molecule has 2 rings (SSSR count). The molecular weight excluding hydrogens is 331 g/mol. The topological polar surface area (TPSA) is 85.0 Å². The van der Waals surface area contributed by atoms with Gasteiger partial charge in [-0.1, -0.05) is 12.1 Å². The molecule has 0 bridgehead atoms. The summed E-state index contributed by atoms with van der Waals surface area (Å²) in [6.07, 6.45) is -3.09. The van der Waals surface area contributed by atoms with E-state index in [0.29, 0.717) is 0 Å². The monoisotopic (exact) mass is 343 g/mol. The van der Waals surface area contributed by atoms with E-state index in [-0.39, 0.29) is 22.2 Å². The number of para-hydroxylation sites is 1. The highest BCUT2D eigenvalue weighted by Crippen LogP contribution is 2.34. The van der Waals surface area contributed by atoms with Gasteiger partial charge >= 0.3 is 6.18 Å². The van der Waals surface area contributed by atoms with E-state index in [9.17, 15) is 18.0 Å². The Bertz CT molecular complexity index is 756. The molecule has 0 fully saturated rings. The molecule has 0 saturated heterocycles. The molecule has 0 aliphatic rings. The zero-order valence-corrected chi connectivity index (χ0v) is 12.6. The average Bonchev–Trinajstić information content (AvgIpc) is 2.79. The number of aromatic nitrogens is 2. The minimum absolute atomic E-state index is 0.0687. The number of nitrogens with zero attached hydrogens (tertiary/aromatic N) is 2. The predicted molar refractivity (Wildman–Crippen MR) is 83.0 cm³/mol. The first kappa shape index (κ1) is 16.7. The molecule has 1 aromatic carbocycles. The van der Waals surface area contributed by atoms with Gasteiger partial charge in [-0.3, -0.25) is 9.48 Å². The molecule has 0 radical (unpaired) electrons. The van der Waals surface area contributed by atoms with Crippen molar-refractivity contribution in [3.63, 3.8) is 0 Å². The molecule has 122 valence electrons. The second-order valence-corrected chi connectivity index (χ2v) is 4.96. The van der Waals surface area contributed by atoms with Gasteiger partial charge in [0.15, 0.2) is 10.8 Å². The highest BCUT2D eigenvalue weighted by molar-refractivity contribution is 7.80. The summed E-state index contributed by atoms with van der Waals surface area (Å²) in [6, 6.07) is 4.90. The van der Waals surface area contributed by atoms with Crippen molar-refractivity contribution < 1.29 is 18.0 Å². The predicted octanol–water partition coefficient (Wildman–Crippen LogP) is 2.35. The van der Waals surface area contributed by atoms with Gasteiger partial charge in [-0.2, -0.15) is 18.3 Å². The number of nitrogens with two attached hydrogens (primary N) is 1. The van der Waals surface area contributed by atoms with Gasteiger partial charge < -0.3 is 16.4 Å². The Morgan fingerprint density at radius 2 is 1.87 bits per heavy atom. The number of anilines is 2. The molecule has 2 aromatic rings. The zero-order valence-electron chi connectivity index (χ0n) is 11.8. The SMILES string of the molecule is Cn1cc(NC(=S)Nc2ccccc2C(F)(F)F)c(C(N)=O)n1. The lowest BCUT2D eigenvalue weighted by atomic mass is 10.1. The molecule has 0 aliphatic carbocycles. The third-order valence-corrected chi connectivity index (χ3v) is 3.00. The Balaban J connectivity index is 2.20. The minimum atomic E-state index is -4.52. The van der Waals surface area contributed by atoms with E-state index in [0.717, 1.165) is 6.07 Å². The molecule has 4 N–H and O–H groups in total. The van der Waals surface area contributed by atoms with Crippen molar-refractivity contribution in [1.29, 1.82) is 0 Å². The third-order valence-electron chi connectivity index (χ3n) is 2.79. The molecule has 0 atom stereocenters. The number of primary amides is 1. The van der Waals surface area contributed by atoms with Gasteiger partial charge in [0.1, 0.15) is 0 Å². The molecule has 1 amide bonds. The maximum absolute atomic E-state index is 12.9. The van der Waals surface area contributed by atoms with E-state index in [4.69, 9.17) is 18.0 Å². The van der Waals surface area contributed by atoms with Crippen molar-refractivity contribution in [1.82, 2.24) is 9.78 Å². The van der Waals surface area contributed by atoms with Crippen molar-refractivity contribution in [2.45, 2.75) is 6.18 Å². The van der Waals surface area contributed by atoms with Crippen LogP contribution in [-0.2, 0) is 13.2 Å². The summed E-state index contributed by atoms with van der Waals surface area (Å²) in [5.41, 5.74) is 4.24. The van der Waals surface area contributed by atoms with Crippen LogP contribution in [0.5, 0.6) is 0 Å². The summed E-state index contributed by atoms with van der Waals surface area (Å²) in [5, 5.41) is 8.77. The summed E-state index contributed by atoms with van der Waals surface area (Å²) in [4.78, 5) is 11.3. The average molecular weight is 343 g/mol. The van der Waals surface area contributed by atoms with Crippen molar-refractivity contribution in [3.8, 4) is 0 Å². The smallest absolute Gasteiger partial charge is 0.364 e. The molecule has 0 aliphatic heterocycles. The fourth-order valence-electron chi connectivity index (χ4n) is 1.88. The van der Waals surface area contributed by atoms with Gasteiger partial charge in [0.2, 0.25) is 0 Å². The number of hydrogen-bond acceptors (Lipinski definition) is 3. The Morgan fingerprint density at radius 1 is 1.26 bits per heavy atom. The number of aryl methyl sites for hydroxylation is 1. The lowest BCUT2D eigenvalue weighted by molar-refractivity contribution is -0.136. The summed E-state index contributed by atoms with van der Waals surface area (Å²) in [5.74, 6) is -0.786. The summed E-state index contributed by atoms with van der Waals surface area (Å²) in [6.45, 7) is 0. The first-order valence-corrected chi connectivity index (χ1v) is 6.67. The van der Waals surface area contributed by atoms with Gasteiger partial charge in [-0.15, -0.1) is 0 Å². The maximum Gasteiger partial charge on any atom is 0.418 e. The van der Waals surface area contributed by atoms with Crippen LogP contribution < -0.4 is 16.4 Å². The maximum atomic E-state index is 12.9. The molecule has 10 heteroatoms. The quantitative estimate of drug-likeness (QED) is 0.745. The lowest BCUT2D eigenvalue weighted by Crippen LogP contribution is -2.23. The van der Waals surface area contributed by atoms with E-state index >= 15 is 0 Å². The molecular formula is C13H12F3N5OS. The van der Waals surface area contributed by atoms with E-state index in [1.54, 1.807) is 7.05 Å². The van der Waals surface area contributed by atoms with E-state index in [2.05, 4.69) is 15.7 Å². The van der Waals surface area contributed by atoms with Crippen LogP contribution in [0.2, 0.25) is 0 Å². The second-order valence-electron chi connectivity index (χ2n) is 4.55. The van der Waals surface area contributed by atoms with E-state index < -0.39 is 17.6 Å². The van der Waals surface area contributed by atoms with Crippen LogP contribution in [0.3, 0.4) is 0 Å². The van der Waals surface area contributed by atoms with Gasteiger partial charge in [0, 0.05) is 13.2 Å². The first-order chi connectivity index (χ1) is 10.7. The van der Waals surface area contributed by atoms with Crippen molar-refractivity contribution in [2.75, 3.05) is 10.6 Å². The highest BCUT2D eigenvalue weighted by atomic mass is 32.1. The fourth-order valence-corrected chi connectivity index (χ4v) is 2.10. The van der Waals surface area contributed by atoms with Gasteiger partial charge in [-0.05, 0) is 24.4 Å². The summed E-state index contributed by atoms with van der Waals surface area (Å²) in [7, 11) is 1.56. The Labute approximate surface area is 134 Å². The molecule has 0 unspecified atom stereocenters. The standard InChI is InChI=1S/C13H12F3N5OS/c1-21-6-9(10(20-21)11(17)22)19-12(23)18-8-5-3-2-4-7(8)13(14,15)16/h2-6H,1H3,(H2,17,22)(H2,18,19,23). The van der Waals surface area contributed by atoms with Crippen LogP contribution in [0.15, 0.2) is 30.5 Å². The van der Waals surface area contributed by atoms with Gasteiger partial charge in [-0.25, -0.2) is 0 Å². The number of carbonyl (C=O) groups is 1. The first-order valence-electron chi connectivity index (χ1n) is 6.26. The van der Waals surface area contributed by atoms with Crippen LogP contribution in [0.25, 0.3) is 0 Å². The number of benzene rings is 1. The normalized spacial score (nSPS) is 11.1. The minimum Gasteiger partial charge on any atom is -0.364 e. The van der Waals surface area contributed by atoms with Gasteiger partial charge in [0.05, 0.1) is 16.9 Å². The number of nitrogens with one attached hydrogen (secondary N) is 2. The number of halogens is 3. The Kier molecular flexibility index (Phi) is 4.55. The van der Waals surface area contributed by atoms with Gasteiger partial charge in [0.25, 0.3) is 5.91 Å². The largest absolute Gasteiger partial charge is 0.418 e. The van der Waals surface area contributed by atoms with Crippen molar-refractivity contribution in [2.24, 2.45) is 12.8 Å². The third kappa shape index (κ3) is 3.97. The fraction of sp³-hybridized carbons (Fsp3) is 0.154. The molecule has 6 nitrogen and oxygen atoms in total. The van der Waals surface area contributed by atoms with Crippen LogP contribution >= 0.6 is 12.2 Å². The summed E-state index contributed by atoms with van der Waals surface area (Å²) < 4.78 is 40.1. The second kappa shape index (κ2) is 6.24. The zero-order chi connectivity index (χ0) is 17.2. The number of amides is 1. The molecule has 1 aromatic heterocycles. The molecule has 1 heterocycles. The van der Waals surface area contributed by atoms with Crippen LogP contribution in [-0.4, -0.2) is 20.8 Å². The molecule has 0 saturated carbocycles. The number of hydrogen-bond donors (Lipinski definition) is 3. The number of carbonyl (C=O) groups excluding carboxylic acids is 1. The van der Waals surface area contributed by atoms with E-state index in [1.807, 2.05) is 0 Å². The van der Waals surface area contributed by atoms with Crippen molar-refractivity contribution in [3.05, 3.63) is 41.7 Å². The molecule has 23 heavy (non-hydrogen) atoms. The number of alkyl halides is 3. The van der Waals surface area contributed by atoms with Crippen LogP contribution in [0, 0.1) is 0 Å².